The third kappa shape index (κ3) is 7.90. The first kappa shape index (κ1) is 15.7. The molecule has 0 aliphatic carbocycles. The first-order chi connectivity index (χ1) is 7.04. The molecule has 0 spiro atoms. The fourth-order valence-corrected chi connectivity index (χ4v) is 2.51. The molecule has 0 unspecified atom stereocenters. The van der Waals surface area contributed by atoms with Gasteiger partial charge < -0.3 is 5.11 Å². The third-order valence-electron chi connectivity index (χ3n) is 1.20. The maximum atomic E-state index is 12.2. The summed E-state index contributed by atoms with van der Waals surface area (Å²) in [5.41, 5.74) is 1.20. The minimum absolute atomic E-state index is 0.249. The Labute approximate surface area is 97.9 Å². The van der Waals surface area contributed by atoms with E-state index in [-0.39, 0.29) is 12.2 Å². The van der Waals surface area contributed by atoms with Crippen molar-refractivity contribution in [1.29, 1.82) is 0 Å². The molecule has 94 valence electrons. The van der Waals surface area contributed by atoms with Crippen LogP contribution in [0.4, 0.5) is 0 Å². The van der Waals surface area contributed by atoms with E-state index in [0.717, 1.165) is 0 Å². The molecule has 0 aromatic carbocycles. The highest BCUT2D eigenvalue weighted by atomic mass is 31.2. The zero-order chi connectivity index (χ0) is 13.0. The van der Waals surface area contributed by atoms with E-state index < -0.39 is 13.2 Å². The van der Waals surface area contributed by atoms with E-state index >= 15 is 0 Å². The van der Waals surface area contributed by atoms with Gasteiger partial charge in [-0.25, -0.2) is 4.57 Å². The van der Waals surface area contributed by atoms with Gasteiger partial charge in [0.05, 0.1) is 12.2 Å². The molecule has 0 saturated heterocycles. The molecular formula is C11H21O4P. The molecule has 1 N–H and O–H groups in total. The highest BCUT2D eigenvalue weighted by molar-refractivity contribution is 7.59. The number of hydrogen-bond donors (Lipinski definition) is 1. The Hall–Kier alpha value is -0.330. The molecule has 0 aliphatic heterocycles. The molecule has 0 atom stereocenters. The molecule has 0 aliphatic rings. The zero-order valence-corrected chi connectivity index (χ0v) is 11.7. The van der Waals surface area contributed by atoms with Crippen molar-refractivity contribution >= 4 is 7.60 Å². The summed E-state index contributed by atoms with van der Waals surface area (Å²) in [4.78, 5) is 0. The Morgan fingerprint density at radius 2 is 1.50 bits per heavy atom. The lowest BCUT2D eigenvalue weighted by Crippen LogP contribution is -2.15. The quantitative estimate of drug-likeness (QED) is 0.614. The van der Waals surface area contributed by atoms with Crippen LogP contribution in [0.15, 0.2) is 0 Å². The van der Waals surface area contributed by atoms with Gasteiger partial charge in [-0.15, -0.1) is 0 Å². The Balaban J connectivity index is 4.92. The summed E-state index contributed by atoms with van der Waals surface area (Å²) in [6.45, 7) is 10.0. The van der Waals surface area contributed by atoms with Gasteiger partial charge in [0.25, 0.3) is 0 Å². The van der Waals surface area contributed by atoms with Crippen LogP contribution in [0, 0.1) is 11.6 Å². The van der Waals surface area contributed by atoms with Crippen LogP contribution in [0.3, 0.4) is 0 Å². The van der Waals surface area contributed by atoms with Crippen LogP contribution in [-0.4, -0.2) is 22.9 Å². The molecule has 0 amide bonds. The van der Waals surface area contributed by atoms with Crippen LogP contribution in [0.25, 0.3) is 0 Å². The summed E-state index contributed by atoms with van der Waals surface area (Å²) >= 11 is 0. The molecule has 0 heterocycles. The minimum Gasteiger partial charge on any atom is -0.378 e. The fourth-order valence-electron chi connectivity index (χ4n) is 0.838. The van der Waals surface area contributed by atoms with Crippen molar-refractivity contribution in [3.8, 4) is 11.6 Å². The molecule has 0 fully saturated rings. The van der Waals surface area contributed by atoms with Crippen LogP contribution >= 0.6 is 7.60 Å². The van der Waals surface area contributed by atoms with Gasteiger partial charge in [-0.1, -0.05) is 5.92 Å². The molecule has 0 aromatic heterocycles. The average molecular weight is 248 g/mol. The van der Waals surface area contributed by atoms with Crippen LogP contribution in [-0.2, 0) is 13.6 Å². The number of rotatable bonds is 4. The zero-order valence-electron chi connectivity index (χ0n) is 10.8. The Morgan fingerprint density at radius 3 is 1.75 bits per heavy atom. The van der Waals surface area contributed by atoms with E-state index in [1.165, 1.54) is 13.8 Å². The van der Waals surface area contributed by atoms with E-state index in [2.05, 4.69) is 11.6 Å². The fraction of sp³-hybridized carbons (Fsp3) is 0.818. The van der Waals surface area contributed by atoms with Crippen molar-refractivity contribution in [2.75, 3.05) is 0 Å². The number of aliphatic hydroxyl groups is 1. The summed E-state index contributed by atoms with van der Waals surface area (Å²) in [6, 6.07) is 0. The SMILES string of the molecule is CC(C)OP(=O)(C#CC(C)(C)O)OC(C)C. The first-order valence-electron chi connectivity index (χ1n) is 5.28. The van der Waals surface area contributed by atoms with Gasteiger partial charge in [0.2, 0.25) is 0 Å². The lowest BCUT2D eigenvalue weighted by Gasteiger charge is -2.18. The standard InChI is InChI=1S/C11H21O4P/c1-9(2)14-16(13,15-10(3)4)8-7-11(5,6)12/h9-10,12H,1-6H3. The minimum atomic E-state index is -3.45. The van der Waals surface area contributed by atoms with Gasteiger partial charge in [0.1, 0.15) is 5.60 Å². The highest BCUT2D eigenvalue weighted by Crippen LogP contribution is 2.49. The molecule has 0 radical (unpaired) electrons. The van der Waals surface area contributed by atoms with E-state index in [0.29, 0.717) is 0 Å². The largest absolute Gasteiger partial charge is 0.406 e. The maximum absolute atomic E-state index is 12.2. The predicted octanol–water partition coefficient (Wildman–Crippen LogP) is 2.76. The molecular weight excluding hydrogens is 227 g/mol. The highest BCUT2D eigenvalue weighted by Gasteiger charge is 2.25. The van der Waals surface area contributed by atoms with E-state index in [1.54, 1.807) is 27.7 Å². The second-order valence-corrected chi connectivity index (χ2v) is 6.24. The first-order valence-corrected chi connectivity index (χ1v) is 6.82. The van der Waals surface area contributed by atoms with Gasteiger partial charge in [-0.05, 0) is 41.5 Å². The van der Waals surface area contributed by atoms with Gasteiger partial charge in [0.15, 0.2) is 0 Å². The van der Waals surface area contributed by atoms with E-state index in [1.807, 2.05) is 0 Å². The van der Waals surface area contributed by atoms with Crippen molar-refractivity contribution in [2.45, 2.75) is 59.4 Å². The van der Waals surface area contributed by atoms with E-state index in [4.69, 9.17) is 9.05 Å². The molecule has 4 nitrogen and oxygen atoms in total. The number of hydrogen-bond acceptors (Lipinski definition) is 4. The summed E-state index contributed by atoms with van der Waals surface area (Å²) in [6.07, 6.45) is -0.499. The molecule has 0 bridgehead atoms. The predicted molar refractivity (Wildman–Crippen MR) is 64.1 cm³/mol. The van der Waals surface area contributed by atoms with Crippen LogP contribution in [0.1, 0.15) is 41.5 Å². The second kappa shape index (κ2) is 5.84. The Bertz CT molecular complexity index is 303. The molecule has 0 rings (SSSR count). The van der Waals surface area contributed by atoms with Crippen LogP contribution in [0.5, 0.6) is 0 Å². The second-order valence-electron chi connectivity index (χ2n) is 4.60. The lowest BCUT2D eigenvalue weighted by molar-refractivity contribution is 0.141. The molecule has 5 heteroatoms. The Morgan fingerprint density at radius 1 is 1.12 bits per heavy atom. The summed E-state index contributed by atoms with van der Waals surface area (Å²) in [5.74, 6) is 2.47. The van der Waals surface area contributed by atoms with Crippen LogP contribution < -0.4 is 0 Å². The molecule has 0 aromatic rings. The van der Waals surface area contributed by atoms with Crippen molar-refractivity contribution in [1.82, 2.24) is 0 Å². The smallest absolute Gasteiger partial charge is 0.378 e. The topological polar surface area (TPSA) is 55.8 Å². The maximum Gasteiger partial charge on any atom is 0.406 e. The van der Waals surface area contributed by atoms with Gasteiger partial charge >= 0.3 is 7.60 Å². The third-order valence-corrected chi connectivity index (χ3v) is 2.98. The van der Waals surface area contributed by atoms with Crippen molar-refractivity contribution in [3.05, 3.63) is 0 Å². The van der Waals surface area contributed by atoms with E-state index in [9.17, 15) is 9.67 Å². The van der Waals surface area contributed by atoms with Gasteiger partial charge in [-0.3, -0.25) is 9.05 Å². The average Bonchev–Trinajstić information content (AvgIpc) is 1.96. The normalized spacial score (nSPS) is 12.8. The van der Waals surface area contributed by atoms with Gasteiger partial charge in [-0.2, -0.15) is 0 Å². The van der Waals surface area contributed by atoms with Crippen molar-refractivity contribution < 1.29 is 18.7 Å². The lowest BCUT2D eigenvalue weighted by atomic mass is 10.2. The molecule has 0 saturated carbocycles. The van der Waals surface area contributed by atoms with Crippen LogP contribution in [0.2, 0.25) is 0 Å². The summed E-state index contributed by atoms with van der Waals surface area (Å²) < 4.78 is 22.5. The molecule has 16 heavy (non-hydrogen) atoms. The summed E-state index contributed by atoms with van der Waals surface area (Å²) in [5, 5.41) is 9.44. The Kier molecular flexibility index (Phi) is 5.72. The van der Waals surface area contributed by atoms with Crippen molar-refractivity contribution in [2.24, 2.45) is 0 Å². The monoisotopic (exact) mass is 248 g/mol. The summed E-state index contributed by atoms with van der Waals surface area (Å²) in [7, 11) is -3.45. The van der Waals surface area contributed by atoms with Gasteiger partial charge in [0, 0.05) is 5.66 Å². The van der Waals surface area contributed by atoms with Crippen molar-refractivity contribution in [3.63, 3.8) is 0 Å².